The van der Waals surface area contributed by atoms with Gasteiger partial charge in [0, 0.05) is 24.5 Å². The van der Waals surface area contributed by atoms with Crippen LogP contribution in [0, 0.1) is 0 Å². The van der Waals surface area contributed by atoms with E-state index in [2.05, 4.69) is 10.3 Å². The smallest absolute Gasteiger partial charge is 0.335 e. The van der Waals surface area contributed by atoms with E-state index in [9.17, 15) is 4.79 Å². The summed E-state index contributed by atoms with van der Waals surface area (Å²) in [4.78, 5) is 15.1. The topological polar surface area (TPSA) is 80.3 Å². The number of carboxylic acid groups (broad SMARTS) is 1. The number of aromatic carboxylic acids is 1. The standard InChI is InChI=1S/C18H18ClN3O3.ClH/c19-16-4-2-13(18(23)24)10-15(16)17-5-3-14(25-17)11-20-6-1-8-22-9-7-21-12-22;/h2-5,7,9-10,12,20H,1,6,8,11H2,(H,23,24);1H. The van der Waals surface area contributed by atoms with Crippen LogP contribution in [0.4, 0.5) is 0 Å². The summed E-state index contributed by atoms with van der Waals surface area (Å²) in [6.45, 7) is 2.36. The Bertz CT molecular complexity index is 847. The number of hydrogen-bond donors (Lipinski definition) is 2. The lowest BCUT2D eigenvalue weighted by atomic mass is 10.1. The van der Waals surface area contributed by atoms with E-state index in [0.29, 0.717) is 22.9 Å². The van der Waals surface area contributed by atoms with E-state index >= 15 is 0 Å². The highest BCUT2D eigenvalue weighted by molar-refractivity contribution is 6.33. The molecule has 26 heavy (non-hydrogen) atoms. The van der Waals surface area contributed by atoms with Crippen molar-refractivity contribution in [2.24, 2.45) is 0 Å². The van der Waals surface area contributed by atoms with E-state index in [1.54, 1.807) is 24.7 Å². The van der Waals surface area contributed by atoms with E-state index < -0.39 is 5.97 Å². The quantitative estimate of drug-likeness (QED) is 0.561. The molecule has 1 aromatic carbocycles. The first-order chi connectivity index (χ1) is 12.1. The largest absolute Gasteiger partial charge is 0.478 e. The third kappa shape index (κ3) is 5.11. The monoisotopic (exact) mass is 395 g/mol. The van der Waals surface area contributed by atoms with E-state index in [1.165, 1.54) is 12.1 Å². The van der Waals surface area contributed by atoms with Crippen LogP contribution in [0.3, 0.4) is 0 Å². The molecular formula is C18H19Cl2N3O3. The van der Waals surface area contributed by atoms with Gasteiger partial charge < -0.3 is 19.4 Å². The Morgan fingerprint density at radius 1 is 1.31 bits per heavy atom. The number of nitrogens with one attached hydrogen (secondary N) is 1. The maximum Gasteiger partial charge on any atom is 0.335 e. The minimum Gasteiger partial charge on any atom is -0.478 e. The summed E-state index contributed by atoms with van der Waals surface area (Å²) in [6, 6.07) is 8.22. The molecule has 0 aliphatic rings. The van der Waals surface area contributed by atoms with Gasteiger partial charge in [0.15, 0.2) is 0 Å². The highest BCUT2D eigenvalue weighted by atomic mass is 35.5. The first kappa shape index (κ1) is 20.0. The molecule has 0 amide bonds. The number of furan rings is 1. The van der Waals surface area contributed by atoms with Crippen molar-refractivity contribution in [3.05, 3.63) is 65.4 Å². The zero-order valence-electron chi connectivity index (χ0n) is 13.9. The average molecular weight is 396 g/mol. The van der Waals surface area contributed by atoms with Crippen LogP contribution < -0.4 is 5.32 Å². The van der Waals surface area contributed by atoms with E-state index in [0.717, 1.165) is 25.3 Å². The Morgan fingerprint density at radius 2 is 2.15 bits per heavy atom. The summed E-state index contributed by atoms with van der Waals surface area (Å²) in [7, 11) is 0. The van der Waals surface area contributed by atoms with Crippen molar-refractivity contribution in [2.75, 3.05) is 6.54 Å². The molecule has 0 aliphatic carbocycles. The molecule has 0 spiro atoms. The Hall–Kier alpha value is -2.28. The molecular weight excluding hydrogens is 377 g/mol. The van der Waals surface area contributed by atoms with Crippen LogP contribution in [-0.2, 0) is 13.1 Å². The fourth-order valence-electron chi connectivity index (χ4n) is 2.48. The summed E-state index contributed by atoms with van der Waals surface area (Å²) in [5, 5.41) is 12.9. The van der Waals surface area contributed by atoms with Crippen LogP contribution in [0.15, 0.2) is 53.5 Å². The number of rotatable bonds is 8. The summed E-state index contributed by atoms with van der Waals surface area (Å²) in [5.74, 6) is 0.335. The van der Waals surface area contributed by atoms with Gasteiger partial charge in [0.05, 0.1) is 23.5 Å². The van der Waals surface area contributed by atoms with Crippen LogP contribution in [-0.4, -0.2) is 27.2 Å². The molecule has 0 radical (unpaired) electrons. The van der Waals surface area contributed by atoms with Gasteiger partial charge >= 0.3 is 5.97 Å². The fraction of sp³-hybridized carbons (Fsp3) is 0.222. The van der Waals surface area contributed by atoms with Crippen LogP contribution >= 0.6 is 24.0 Å². The zero-order chi connectivity index (χ0) is 17.6. The third-order valence-electron chi connectivity index (χ3n) is 3.77. The van der Waals surface area contributed by atoms with Crippen molar-refractivity contribution >= 4 is 30.0 Å². The van der Waals surface area contributed by atoms with Crippen LogP contribution in [0.5, 0.6) is 0 Å². The highest BCUT2D eigenvalue weighted by Crippen LogP contribution is 2.30. The molecule has 6 nitrogen and oxygen atoms in total. The van der Waals surface area contributed by atoms with Gasteiger partial charge in [-0.25, -0.2) is 9.78 Å². The molecule has 2 heterocycles. The molecule has 0 unspecified atom stereocenters. The molecule has 0 bridgehead atoms. The number of carbonyl (C=O) groups is 1. The van der Waals surface area contributed by atoms with Crippen LogP contribution in [0.2, 0.25) is 5.02 Å². The highest BCUT2D eigenvalue weighted by Gasteiger charge is 2.12. The van der Waals surface area contributed by atoms with Crippen LogP contribution in [0.25, 0.3) is 11.3 Å². The maximum absolute atomic E-state index is 11.1. The molecule has 0 saturated carbocycles. The van der Waals surface area contributed by atoms with E-state index in [4.69, 9.17) is 21.1 Å². The van der Waals surface area contributed by atoms with Gasteiger partial charge in [-0.2, -0.15) is 0 Å². The van der Waals surface area contributed by atoms with E-state index in [-0.39, 0.29) is 18.0 Å². The van der Waals surface area contributed by atoms with Crippen molar-refractivity contribution in [3.63, 3.8) is 0 Å². The van der Waals surface area contributed by atoms with Crippen molar-refractivity contribution in [1.82, 2.24) is 14.9 Å². The number of benzene rings is 1. The molecule has 0 saturated heterocycles. The summed E-state index contributed by atoms with van der Waals surface area (Å²) in [5.41, 5.74) is 0.753. The lowest BCUT2D eigenvalue weighted by Crippen LogP contribution is -2.15. The Morgan fingerprint density at radius 3 is 2.88 bits per heavy atom. The number of aromatic nitrogens is 2. The van der Waals surface area contributed by atoms with Crippen molar-refractivity contribution in [1.29, 1.82) is 0 Å². The molecule has 0 aliphatic heterocycles. The van der Waals surface area contributed by atoms with Gasteiger partial charge in [0.25, 0.3) is 0 Å². The van der Waals surface area contributed by atoms with Gasteiger partial charge in [-0.15, -0.1) is 12.4 Å². The Kier molecular flexibility index (Phi) is 7.26. The lowest BCUT2D eigenvalue weighted by Gasteiger charge is -2.05. The number of imidazole rings is 1. The summed E-state index contributed by atoms with van der Waals surface area (Å²) >= 11 is 6.16. The second kappa shape index (κ2) is 9.43. The molecule has 138 valence electrons. The lowest BCUT2D eigenvalue weighted by molar-refractivity contribution is 0.0697. The van der Waals surface area contributed by atoms with Crippen molar-refractivity contribution in [3.8, 4) is 11.3 Å². The van der Waals surface area contributed by atoms with Crippen molar-refractivity contribution < 1.29 is 14.3 Å². The van der Waals surface area contributed by atoms with Gasteiger partial charge in [0.2, 0.25) is 0 Å². The third-order valence-corrected chi connectivity index (χ3v) is 4.10. The molecule has 0 fully saturated rings. The van der Waals surface area contributed by atoms with E-state index in [1.807, 2.05) is 16.8 Å². The second-order valence-corrected chi connectivity index (χ2v) is 6.00. The molecule has 2 N–H and O–H groups in total. The number of aryl methyl sites for hydroxylation is 1. The SMILES string of the molecule is Cl.O=C(O)c1ccc(Cl)c(-c2ccc(CNCCCn3ccnc3)o2)c1. The van der Waals surface area contributed by atoms with Gasteiger partial charge in [-0.05, 0) is 43.3 Å². The molecule has 2 aromatic heterocycles. The summed E-state index contributed by atoms with van der Waals surface area (Å²) < 4.78 is 7.81. The second-order valence-electron chi connectivity index (χ2n) is 5.60. The molecule has 8 heteroatoms. The average Bonchev–Trinajstić information content (AvgIpc) is 3.26. The van der Waals surface area contributed by atoms with Crippen molar-refractivity contribution in [2.45, 2.75) is 19.5 Å². The Balaban J connectivity index is 0.00000243. The van der Waals surface area contributed by atoms with Gasteiger partial charge in [0.1, 0.15) is 11.5 Å². The number of halogens is 2. The normalized spacial score (nSPS) is 10.5. The first-order valence-electron chi connectivity index (χ1n) is 7.92. The Labute approximate surface area is 162 Å². The molecule has 3 aromatic rings. The zero-order valence-corrected chi connectivity index (χ0v) is 15.5. The summed E-state index contributed by atoms with van der Waals surface area (Å²) in [6.07, 6.45) is 6.49. The maximum atomic E-state index is 11.1. The number of hydrogen-bond acceptors (Lipinski definition) is 4. The predicted molar refractivity (Wildman–Crippen MR) is 102 cm³/mol. The first-order valence-corrected chi connectivity index (χ1v) is 8.29. The minimum absolute atomic E-state index is 0. The molecule has 0 atom stereocenters. The fourth-order valence-corrected chi connectivity index (χ4v) is 2.69. The van der Waals surface area contributed by atoms with Gasteiger partial charge in [-0.1, -0.05) is 11.6 Å². The number of nitrogens with zero attached hydrogens (tertiary/aromatic N) is 2. The molecule has 3 rings (SSSR count). The predicted octanol–water partition coefficient (Wildman–Crippen LogP) is 4.10. The van der Waals surface area contributed by atoms with Gasteiger partial charge in [-0.3, -0.25) is 0 Å². The number of carboxylic acids is 1. The van der Waals surface area contributed by atoms with Crippen LogP contribution in [0.1, 0.15) is 22.5 Å². The minimum atomic E-state index is -0.996.